The Kier molecular flexibility index (Phi) is 2.95. The molecule has 3 atom stereocenters. The number of fused-ring (bicyclic) bond motifs is 2. The van der Waals surface area contributed by atoms with Crippen LogP contribution in [0.1, 0.15) is 51.4 Å². The SMILES string of the molecule is Cl.FC1(F)C(C2CCCC2)C12CC1CCC(C2)N1. The number of hydrogen-bond acceptors (Lipinski definition) is 1. The van der Waals surface area contributed by atoms with Crippen molar-refractivity contribution in [2.75, 3.05) is 0 Å². The van der Waals surface area contributed by atoms with Gasteiger partial charge in [-0.2, -0.15) is 0 Å². The molecule has 1 N–H and O–H groups in total. The van der Waals surface area contributed by atoms with Gasteiger partial charge in [0.15, 0.2) is 0 Å². The number of rotatable bonds is 1. The fourth-order valence-electron chi connectivity index (χ4n) is 5.29. The van der Waals surface area contributed by atoms with Crippen molar-refractivity contribution in [3.8, 4) is 0 Å². The van der Waals surface area contributed by atoms with Crippen molar-refractivity contribution in [3.63, 3.8) is 0 Å². The number of piperidine rings is 1. The monoisotopic (exact) mass is 277 g/mol. The molecule has 1 nitrogen and oxygen atoms in total. The van der Waals surface area contributed by atoms with Crippen LogP contribution in [0.25, 0.3) is 0 Å². The van der Waals surface area contributed by atoms with Gasteiger partial charge in [0.25, 0.3) is 5.92 Å². The summed E-state index contributed by atoms with van der Waals surface area (Å²) in [6.45, 7) is 0. The Morgan fingerprint density at radius 2 is 1.44 bits per heavy atom. The standard InChI is InChI=1S/C14H21F2N.ClH/c15-14(16)12(9-3-1-2-4-9)13(14)7-10-5-6-11(8-13)17-10;/h9-12,17H,1-8H2;1H. The molecule has 2 saturated heterocycles. The average molecular weight is 278 g/mol. The van der Waals surface area contributed by atoms with E-state index < -0.39 is 11.3 Å². The molecule has 3 unspecified atom stereocenters. The lowest BCUT2D eigenvalue weighted by Crippen LogP contribution is -2.41. The second-order valence-corrected chi connectivity index (χ2v) is 6.85. The molecule has 0 amide bonds. The third-order valence-electron chi connectivity index (χ3n) is 5.99. The van der Waals surface area contributed by atoms with Crippen LogP contribution in [0.2, 0.25) is 0 Å². The van der Waals surface area contributed by atoms with Crippen LogP contribution >= 0.6 is 12.4 Å². The molecule has 0 aromatic heterocycles. The average Bonchev–Trinajstić information content (AvgIpc) is 2.75. The number of hydrogen-bond donors (Lipinski definition) is 1. The number of halogens is 3. The summed E-state index contributed by atoms with van der Waals surface area (Å²) >= 11 is 0. The molecular weight excluding hydrogens is 256 g/mol. The van der Waals surface area contributed by atoms with Crippen LogP contribution in [-0.2, 0) is 0 Å². The van der Waals surface area contributed by atoms with E-state index >= 15 is 0 Å². The van der Waals surface area contributed by atoms with Crippen LogP contribution in [0.3, 0.4) is 0 Å². The fourth-order valence-corrected chi connectivity index (χ4v) is 5.29. The molecule has 4 rings (SSSR count). The van der Waals surface area contributed by atoms with Gasteiger partial charge in [0.1, 0.15) is 0 Å². The molecule has 2 bridgehead atoms. The summed E-state index contributed by atoms with van der Waals surface area (Å²) in [5.74, 6) is -2.27. The molecule has 4 aliphatic rings. The second-order valence-electron chi connectivity index (χ2n) is 6.85. The van der Waals surface area contributed by atoms with Gasteiger partial charge in [0.2, 0.25) is 0 Å². The largest absolute Gasteiger partial charge is 0.311 e. The molecule has 2 aliphatic carbocycles. The molecule has 1 spiro atoms. The van der Waals surface area contributed by atoms with Crippen LogP contribution in [-0.4, -0.2) is 18.0 Å². The van der Waals surface area contributed by atoms with Crippen molar-refractivity contribution in [1.82, 2.24) is 5.32 Å². The minimum Gasteiger partial charge on any atom is -0.311 e. The highest BCUT2D eigenvalue weighted by Gasteiger charge is 2.82. The molecule has 104 valence electrons. The molecule has 0 aromatic rings. The minimum atomic E-state index is -2.34. The normalized spacial score (nSPS) is 49.3. The van der Waals surface area contributed by atoms with Gasteiger partial charge in [0, 0.05) is 23.4 Å². The van der Waals surface area contributed by atoms with Crippen LogP contribution in [0.4, 0.5) is 8.78 Å². The van der Waals surface area contributed by atoms with E-state index in [4.69, 9.17) is 0 Å². The smallest absolute Gasteiger partial charge is 0.258 e. The minimum absolute atomic E-state index is 0. The highest BCUT2D eigenvalue weighted by molar-refractivity contribution is 5.85. The van der Waals surface area contributed by atoms with E-state index in [9.17, 15) is 8.78 Å². The van der Waals surface area contributed by atoms with Crippen LogP contribution < -0.4 is 5.32 Å². The maximum atomic E-state index is 14.3. The molecule has 2 aliphatic heterocycles. The summed E-state index contributed by atoms with van der Waals surface area (Å²) in [5.41, 5.74) is -0.584. The van der Waals surface area contributed by atoms with E-state index in [0.717, 1.165) is 38.5 Å². The first-order valence-corrected chi connectivity index (χ1v) is 7.27. The number of alkyl halides is 2. The van der Waals surface area contributed by atoms with E-state index in [1.165, 1.54) is 12.8 Å². The zero-order valence-corrected chi connectivity index (χ0v) is 11.4. The van der Waals surface area contributed by atoms with Crippen molar-refractivity contribution in [2.45, 2.75) is 69.4 Å². The molecule has 18 heavy (non-hydrogen) atoms. The molecule has 0 aromatic carbocycles. The zero-order chi connectivity index (χ0) is 11.7. The van der Waals surface area contributed by atoms with Crippen molar-refractivity contribution >= 4 is 12.4 Å². The van der Waals surface area contributed by atoms with E-state index in [1.807, 2.05) is 0 Å². The van der Waals surface area contributed by atoms with E-state index in [1.54, 1.807) is 0 Å². The topological polar surface area (TPSA) is 12.0 Å². The van der Waals surface area contributed by atoms with Gasteiger partial charge in [-0.25, -0.2) is 8.78 Å². The summed E-state index contributed by atoms with van der Waals surface area (Å²) in [7, 11) is 0. The molecule has 4 fully saturated rings. The van der Waals surface area contributed by atoms with E-state index in [-0.39, 0.29) is 18.3 Å². The Morgan fingerprint density at radius 1 is 0.889 bits per heavy atom. The third-order valence-corrected chi connectivity index (χ3v) is 5.99. The van der Waals surface area contributed by atoms with Gasteiger partial charge < -0.3 is 5.32 Å². The van der Waals surface area contributed by atoms with E-state index in [0.29, 0.717) is 18.0 Å². The van der Waals surface area contributed by atoms with Crippen molar-refractivity contribution in [2.24, 2.45) is 17.3 Å². The van der Waals surface area contributed by atoms with Crippen molar-refractivity contribution in [3.05, 3.63) is 0 Å². The lowest BCUT2D eigenvalue weighted by molar-refractivity contribution is 0.0362. The van der Waals surface area contributed by atoms with Gasteiger partial charge in [-0.05, 0) is 44.4 Å². The summed E-state index contributed by atoms with van der Waals surface area (Å²) in [6, 6.07) is 0.789. The number of nitrogens with one attached hydrogen (secondary N) is 1. The Labute approximate surface area is 113 Å². The van der Waals surface area contributed by atoms with Crippen LogP contribution in [0, 0.1) is 17.3 Å². The fraction of sp³-hybridized carbons (Fsp3) is 1.00. The summed E-state index contributed by atoms with van der Waals surface area (Å²) in [6.07, 6.45) is 8.22. The van der Waals surface area contributed by atoms with Crippen molar-refractivity contribution in [1.29, 1.82) is 0 Å². The summed E-state index contributed by atoms with van der Waals surface area (Å²) in [5, 5.41) is 3.50. The highest BCUT2D eigenvalue weighted by Crippen LogP contribution is 2.76. The Morgan fingerprint density at radius 3 is 2.00 bits per heavy atom. The van der Waals surface area contributed by atoms with Gasteiger partial charge in [-0.1, -0.05) is 12.8 Å². The van der Waals surface area contributed by atoms with Crippen LogP contribution in [0.5, 0.6) is 0 Å². The molecule has 4 heteroatoms. The molecule has 2 heterocycles. The van der Waals surface area contributed by atoms with Crippen LogP contribution in [0.15, 0.2) is 0 Å². The summed E-state index contributed by atoms with van der Waals surface area (Å²) < 4.78 is 28.7. The Bertz CT molecular complexity index is 329. The quantitative estimate of drug-likeness (QED) is 0.769. The van der Waals surface area contributed by atoms with Gasteiger partial charge in [-0.15, -0.1) is 12.4 Å². The first-order valence-electron chi connectivity index (χ1n) is 7.27. The predicted molar refractivity (Wildman–Crippen MR) is 69.3 cm³/mol. The molecule has 2 saturated carbocycles. The maximum Gasteiger partial charge on any atom is 0.258 e. The summed E-state index contributed by atoms with van der Waals surface area (Å²) in [4.78, 5) is 0. The maximum absolute atomic E-state index is 14.3. The molecule has 0 radical (unpaired) electrons. The first kappa shape index (κ1) is 13.1. The predicted octanol–water partition coefficient (Wildman–Crippen LogP) is 3.76. The third kappa shape index (κ3) is 1.53. The lowest BCUT2D eigenvalue weighted by atomic mass is 9.83. The second kappa shape index (κ2) is 4.05. The van der Waals surface area contributed by atoms with Crippen molar-refractivity contribution < 1.29 is 8.78 Å². The van der Waals surface area contributed by atoms with Gasteiger partial charge in [-0.3, -0.25) is 0 Å². The zero-order valence-electron chi connectivity index (χ0n) is 10.6. The first-order chi connectivity index (χ1) is 8.13. The van der Waals surface area contributed by atoms with Gasteiger partial charge in [0.05, 0.1) is 0 Å². The van der Waals surface area contributed by atoms with Gasteiger partial charge >= 0.3 is 0 Å². The highest BCUT2D eigenvalue weighted by atomic mass is 35.5. The molecular formula is C14H22ClF2N. The Balaban J connectivity index is 0.000001000. The Hall–Kier alpha value is 0.110. The lowest BCUT2D eigenvalue weighted by Gasteiger charge is -2.30. The van der Waals surface area contributed by atoms with E-state index in [2.05, 4.69) is 5.32 Å².